The molecule has 0 spiro atoms. The van der Waals surface area contributed by atoms with Gasteiger partial charge in [0.1, 0.15) is 5.69 Å². The normalized spacial score (nSPS) is 10.6. The molecule has 1 aromatic heterocycles. The molecule has 16 heavy (non-hydrogen) atoms. The zero-order chi connectivity index (χ0) is 12.1. The minimum absolute atomic E-state index is 0.130. The van der Waals surface area contributed by atoms with Crippen molar-refractivity contribution in [2.24, 2.45) is 0 Å². The molecule has 7 heteroatoms. The highest BCUT2D eigenvalue weighted by Gasteiger charge is 2.19. The lowest BCUT2D eigenvalue weighted by molar-refractivity contribution is 0.197. The van der Waals surface area contributed by atoms with Crippen LogP contribution in [0.15, 0.2) is 0 Å². The summed E-state index contributed by atoms with van der Waals surface area (Å²) in [6.45, 7) is 0.497. The molecular weight excluding hydrogens is 228 g/mol. The molecule has 0 saturated carbocycles. The fourth-order valence-corrected chi connectivity index (χ4v) is 1.07. The summed E-state index contributed by atoms with van der Waals surface area (Å²) in [7, 11) is 1.47. The third kappa shape index (κ3) is 2.82. The van der Waals surface area contributed by atoms with Crippen LogP contribution in [-0.2, 0) is 4.74 Å². The molecule has 0 unspecified atom stereocenters. The molecule has 1 aromatic rings. The Hall–Kier alpha value is -1.37. The fourth-order valence-electron chi connectivity index (χ4n) is 1.07. The van der Waals surface area contributed by atoms with Gasteiger partial charge in [0.25, 0.3) is 11.9 Å². The fraction of sp³-hybridized carbons (Fsp3) is 0.444. The van der Waals surface area contributed by atoms with Crippen molar-refractivity contribution in [3.8, 4) is 0 Å². The molecule has 0 aliphatic carbocycles. The molecule has 1 heterocycles. The summed E-state index contributed by atoms with van der Waals surface area (Å²) in [5.41, 5.74) is -0.846. The number of nitrogens with zero attached hydrogens (tertiary/aromatic N) is 1. The minimum atomic E-state index is -1.67. The minimum Gasteiger partial charge on any atom is -0.385 e. The maximum atomic E-state index is 13.0. The number of hydrogen-bond acceptors (Lipinski definition) is 3. The van der Waals surface area contributed by atoms with Crippen molar-refractivity contribution in [1.29, 1.82) is 0 Å². The van der Waals surface area contributed by atoms with Crippen LogP contribution in [0.1, 0.15) is 6.42 Å². The van der Waals surface area contributed by atoms with E-state index in [4.69, 9.17) is 4.74 Å². The first-order valence-corrected chi connectivity index (χ1v) is 4.50. The van der Waals surface area contributed by atoms with Crippen LogP contribution in [0, 0.1) is 23.5 Å². The van der Waals surface area contributed by atoms with Gasteiger partial charge in [0, 0.05) is 20.3 Å². The highest BCUT2D eigenvalue weighted by molar-refractivity contribution is 5.45. The number of ether oxygens (including phenoxy) is 1. The quantitative estimate of drug-likeness (QED) is 0.484. The second kappa shape index (κ2) is 5.64. The van der Waals surface area contributed by atoms with Gasteiger partial charge in [-0.3, -0.25) is 0 Å². The third-order valence-electron chi connectivity index (χ3n) is 1.82. The molecule has 0 atom stereocenters. The summed E-state index contributed by atoms with van der Waals surface area (Å²) in [6.07, 6.45) is 0.445. The van der Waals surface area contributed by atoms with Crippen molar-refractivity contribution in [2.75, 3.05) is 25.6 Å². The molecule has 1 N–H and O–H groups in total. The van der Waals surface area contributed by atoms with Crippen LogP contribution in [0.25, 0.3) is 0 Å². The Morgan fingerprint density at radius 3 is 2.19 bits per heavy atom. The van der Waals surface area contributed by atoms with Gasteiger partial charge in [0.15, 0.2) is 0 Å². The van der Waals surface area contributed by atoms with E-state index in [9.17, 15) is 17.6 Å². The molecule has 3 nitrogen and oxygen atoms in total. The van der Waals surface area contributed by atoms with Gasteiger partial charge in [-0.15, -0.1) is 0 Å². The number of nitrogens with one attached hydrogen (secondary N) is 1. The number of methoxy groups -OCH3 is 1. The Morgan fingerprint density at radius 2 is 1.69 bits per heavy atom. The van der Waals surface area contributed by atoms with Gasteiger partial charge in [-0.25, -0.2) is 0 Å². The summed E-state index contributed by atoms with van der Waals surface area (Å²) < 4.78 is 56.0. The molecule has 0 radical (unpaired) electrons. The Labute approximate surface area is 89.4 Å². The van der Waals surface area contributed by atoms with Crippen LogP contribution in [0.3, 0.4) is 0 Å². The van der Waals surface area contributed by atoms with Gasteiger partial charge in [-0.05, 0) is 6.42 Å². The summed E-state index contributed by atoms with van der Waals surface area (Å²) in [5.74, 6) is -6.41. The van der Waals surface area contributed by atoms with Crippen molar-refractivity contribution in [3.63, 3.8) is 0 Å². The first-order valence-electron chi connectivity index (χ1n) is 4.50. The first kappa shape index (κ1) is 12.7. The highest BCUT2D eigenvalue weighted by Crippen LogP contribution is 2.21. The molecule has 0 aliphatic rings. The number of hydrogen-bond donors (Lipinski definition) is 1. The Bertz CT molecular complexity index is 347. The van der Waals surface area contributed by atoms with Crippen molar-refractivity contribution in [1.82, 2.24) is 4.98 Å². The molecule has 0 saturated heterocycles. The number of pyridine rings is 1. The largest absolute Gasteiger partial charge is 0.385 e. The van der Waals surface area contributed by atoms with E-state index in [1.807, 2.05) is 0 Å². The average molecular weight is 238 g/mol. The maximum absolute atomic E-state index is 13.0. The number of anilines is 1. The Morgan fingerprint density at radius 1 is 1.12 bits per heavy atom. The van der Waals surface area contributed by atoms with Crippen molar-refractivity contribution < 1.29 is 22.3 Å². The monoisotopic (exact) mass is 238 g/mol. The summed E-state index contributed by atoms with van der Waals surface area (Å²) in [4.78, 5) is 2.43. The number of aromatic nitrogens is 1. The number of halogens is 4. The summed E-state index contributed by atoms with van der Waals surface area (Å²) >= 11 is 0. The van der Waals surface area contributed by atoms with E-state index in [2.05, 4.69) is 10.3 Å². The van der Waals surface area contributed by atoms with Gasteiger partial charge in [0.05, 0.1) is 0 Å². The molecule has 0 bridgehead atoms. The molecular formula is C9H10F4N2O. The molecule has 90 valence electrons. The van der Waals surface area contributed by atoms with Crippen LogP contribution < -0.4 is 5.32 Å². The van der Waals surface area contributed by atoms with E-state index in [0.717, 1.165) is 0 Å². The van der Waals surface area contributed by atoms with Crippen molar-refractivity contribution in [3.05, 3.63) is 23.5 Å². The molecule has 0 fully saturated rings. The zero-order valence-electron chi connectivity index (χ0n) is 8.49. The molecule has 0 aliphatic heterocycles. The van der Waals surface area contributed by atoms with E-state index < -0.39 is 29.2 Å². The van der Waals surface area contributed by atoms with E-state index in [1.165, 1.54) is 7.11 Å². The third-order valence-corrected chi connectivity index (χ3v) is 1.82. The van der Waals surface area contributed by atoms with Crippen LogP contribution >= 0.6 is 0 Å². The van der Waals surface area contributed by atoms with Crippen LogP contribution in [-0.4, -0.2) is 25.2 Å². The van der Waals surface area contributed by atoms with Gasteiger partial charge >= 0.3 is 0 Å². The van der Waals surface area contributed by atoms with Gasteiger partial charge in [-0.1, -0.05) is 0 Å². The van der Waals surface area contributed by atoms with Crippen LogP contribution in [0.2, 0.25) is 0 Å². The smallest absolute Gasteiger partial charge is 0.253 e. The standard InChI is InChI=1S/C9H10F4N2O/c1-16-4-2-3-14-7-5(10)8(12)15-9(13)6(7)11/h2-4H2,1H3,(H,14,15). The summed E-state index contributed by atoms with van der Waals surface area (Å²) in [5, 5.41) is 2.25. The van der Waals surface area contributed by atoms with Gasteiger partial charge in [0.2, 0.25) is 11.6 Å². The Kier molecular flexibility index (Phi) is 4.48. The van der Waals surface area contributed by atoms with E-state index >= 15 is 0 Å². The predicted octanol–water partition coefficient (Wildman–Crippen LogP) is 2.09. The second-order valence-electron chi connectivity index (χ2n) is 2.97. The molecule has 0 aromatic carbocycles. The first-order chi connectivity index (χ1) is 7.57. The van der Waals surface area contributed by atoms with Crippen molar-refractivity contribution >= 4 is 5.69 Å². The topological polar surface area (TPSA) is 34.1 Å². The van der Waals surface area contributed by atoms with Crippen molar-refractivity contribution in [2.45, 2.75) is 6.42 Å². The van der Waals surface area contributed by atoms with Gasteiger partial charge in [-0.2, -0.15) is 22.5 Å². The lowest BCUT2D eigenvalue weighted by Gasteiger charge is -2.08. The highest BCUT2D eigenvalue weighted by atomic mass is 19.2. The maximum Gasteiger partial charge on any atom is 0.253 e. The molecule has 1 rings (SSSR count). The zero-order valence-corrected chi connectivity index (χ0v) is 8.49. The van der Waals surface area contributed by atoms with E-state index in [-0.39, 0.29) is 6.54 Å². The average Bonchev–Trinajstić information content (AvgIpc) is 2.25. The number of rotatable bonds is 5. The lowest BCUT2D eigenvalue weighted by atomic mass is 10.3. The van der Waals surface area contributed by atoms with Crippen LogP contribution in [0.5, 0.6) is 0 Å². The Balaban J connectivity index is 2.78. The predicted molar refractivity (Wildman–Crippen MR) is 49.1 cm³/mol. The summed E-state index contributed by atoms with van der Waals surface area (Å²) in [6, 6.07) is 0. The second-order valence-corrected chi connectivity index (χ2v) is 2.97. The van der Waals surface area contributed by atoms with Gasteiger partial charge < -0.3 is 10.1 Å². The lowest BCUT2D eigenvalue weighted by Crippen LogP contribution is -2.11. The van der Waals surface area contributed by atoms with Crippen LogP contribution in [0.4, 0.5) is 23.2 Å². The van der Waals surface area contributed by atoms with E-state index in [0.29, 0.717) is 13.0 Å². The SMILES string of the molecule is COCCCNc1c(F)c(F)nc(F)c1F. The van der Waals surface area contributed by atoms with E-state index in [1.54, 1.807) is 0 Å². The molecule has 0 amide bonds.